The van der Waals surface area contributed by atoms with Crippen LogP contribution in [0.4, 0.5) is 0 Å². The second kappa shape index (κ2) is 9.27. The number of benzene rings is 1. The number of carbonyl (C=O) groups is 1. The smallest absolute Gasteiger partial charge is 0.253 e. The highest BCUT2D eigenvalue weighted by atomic mass is 16.5. The van der Waals surface area contributed by atoms with Gasteiger partial charge in [0.1, 0.15) is 0 Å². The molecule has 4 heteroatoms. The number of nitrogens with zero attached hydrogens (tertiary/aromatic N) is 1. The van der Waals surface area contributed by atoms with Crippen molar-refractivity contribution in [2.24, 2.45) is 0 Å². The van der Waals surface area contributed by atoms with E-state index in [1.807, 2.05) is 32.9 Å². The first-order chi connectivity index (χ1) is 10.2. The van der Waals surface area contributed by atoms with Crippen LogP contribution in [0.15, 0.2) is 18.2 Å². The predicted octanol–water partition coefficient (Wildman–Crippen LogP) is 3.75. The average molecular weight is 293 g/mol. The van der Waals surface area contributed by atoms with Gasteiger partial charge in [-0.2, -0.15) is 0 Å². The van der Waals surface area contributed by atoms with Crippen LogP contribution in [-0.2, 0) is 0 Å². The summed E-state index contributed by atoms with van der Waals surface area (Å²) in [4.78, 5) is 14.2. The molecule has 118 valence electrons. The third-order valence-electron chi connectivity index (χ3n) is 3.30. The summed E-state index contributed by atoms with van der Waals surface area (Å²) >= 11 is 0. The van der Waals surface area contributed by atoms with Crippen LogP contribution < -0.4 is 9.47 Å². The van der Waals surface area contributed by atoms with Crippen molar-refractivity contribution in [2.45, 2.75) is 40.5 Å². The summed E-state index contributed by atoms with van der Waals surface area (Å²) in [6.45, 7) is 10.6. The zero-order chi connectivity index (χ0) is 15.7. The summed E-state index contributed by atoms with van der Waals surface area (Å²) in [5.41, 5.74) is 0.644. The van der Waals surface area contributed by atoms with Gasteiger partial charge in [-0.3, -0.25) is 4.79 Å². The first-order valence-electron chi connectivity index (χ1n) is 7.86. The first kappa shape index (κ1) is 17.3. The first-order valence-corrected chi connectivity index (χ1v) is 7.86. The molecule has 0 heterocycles. The van der Waals surface area contributed by atoms with Crippen molar-refractivity contribution in [3.63, 3.8) is 0 Å². The van der Waals surface area contributed by atoms with Gasteiger partial charge in [-0.05, 0) is 45.4 Å². The number of ether oxygens (including phenoxy) is 2. The van der Waals surface area contributed by atoms with Crippen molar-refractivity contribution in [1.82, 2.24) is 4.90 Å². The Bertz CT molecular complexity index is 442. The molecule has 1 aromatic carbocycles. The van der Waals surface area contributed by atoms with Gasteiger partial charge in [0.2, 0.25) is 0 Å². The van der Waals surface area contributed by atoms with Crippen LogP contribution in [0, 0.1) is 0 Å². The summed E-state index contributed by atoms with van der Waals surface area (Å²) < 4.78 is 11.3. The number of carbonyl (C=O) groups excluding carboxylic acids is 1. The van der Waals surface area contributed by atoms with E-state index in [1.54, 1.807) is 11.0 Å². The molecule has 0 saturated heterocycles. The minimum atomic E-state index is 0.0288. The highest BCUT2D eigenvalue weighted by Gasteiger charge is 2.15. The van der Waals surface area contributed by atoms with Crippen molar-refractivity contribution in [3.8, 4) is 11.5 Å². The topological polar surface area (TPSA) is 38.8 Å². The quantitative estimate of drug-likeness (QED) is 0.651. The van der Waals surface area contributed by atoms with E-state index in [4.69, 9.17) is 9.47 Å². The molecule has 0 saturated carbocycles. The second-order valence-corrected chi connectivity index (χ2v) is 4.77. The number of unbranched alkanes of at least 4 members (excludes halogenated alkanes) is 1. The summed E-state index contributed by atoms with van der Waals surface area (Å²) in [5.74, 6) is 1.38. The fourth-order valence-electron chi connectivity index (χ4n) is 2.05. The Morgan fingerprint density at radius 1 is 1.05 bits per heavy atom. The minimum absolute atomic E-state index is 0.0288. The lowest BCUT2D eigenvalue weighted by Crippen LogP contribution is -2.30. The molecule has 0 fully saturated rings. The Labute approximate surface area is 128 Å². The van der Waals surface area contributed by atoms with Gasteiger partial charge in [0.05, 0.1) is 13.2 Å². The number of amides is 1. The van der Waals surface area contributed by atoms with Crippen LogP contribution >= 0.6 is 0 Å². The Hall–Kier alpha value is -1.71. The van der Waals surface area contributed by atoms with Gasteiger partial charge in [0.15, 0.2) is 11.5 Å². The van der Waals surface area contributed by atoms with Gasteiger partial charge in [-0.15, -0.1) is 0 Å². The van der Waals surface area contributed by atoms with Gasteiger partial charge >= 0.3 is 0 Å². The zero-order valence-electron chi connectivity index (χ0n) is 13.6. The SMILES string of the molecule is CCCCOc1ccc(C(=O)N(CC)CC)cc1OCC. The Balaban J connectivity index is 2.93. The summed E-state index contributed by atoms with van der Waals surface area (Å²) in [7, 11) is 0. The lowest BCUT2D eigenvalue weighted by atomic mass is 10.1. The highest BCUT2D eigenvalue weighted by molar-refractivity contribution is 5.94. The monoisotopic (exact) mass is 293 g/mol. The van der Waals surface area contributed by atoms with Gasteiger partial charge in [0, 0.05) is 18.7 Å². The molecule has 0 atom stereocenters. The van der Waals surface area contributed by atoms with Crippen LogP contribution in [0.3, 0.4) is 0 Å². The van der Waals surface area contributed by atoms with Crippen LogP contribution in [0.25, 0.3) is 0 Å². The van der Waals surface area contributed by atoms with Crippen LogP contribution in [0.5, 0.6) is 11.5 Å². The van der Waals surface area contributed by atoms with E-state index in [2.05, 4.69) is 6.92 Å². The maximum absolute atomic E-state index is 12.4. The van der Waals surface area contributed by atoms with E-state index in [0.29, 0.717) is 43.4 Å². The number of rotatable bonds is 9. The van der Waals surface area contributed by atoms with Crippen LogP contribution in [-0.4, -0.2) is 37.1 Å². The van der Waals surface area contributed by atoms with Crippen molar-refractivity contribution in [1.29, 1.82) is 0 Å². The molecule has 0 N–H and O–H groups in total. The molecule has 0 bridgehead atoms. The van der Waals surface area contributed by atoms with Gasteiger partial charge < -0.3 is 14.4 Å². The molecule has 1 rings (SSSR count). The molecular weight excluding hydrogens is 266 g/mol. The summed E-state index contributed by atoms with van der Waals surface area (Å²) in [5, 5.41) is 0. The Morgan fingerprint density at radius 3 is 2.33 bits per heavy atom. The van der Waals surface area contributed by atoms with Crippen molar-refractivity contribution in [3.05, 3.63) is 23.8 Å². The molecule has 0 unspecified atom stereocenters. The fraction of sp³-hybridized carbons (Fsp3) is 0.588. The van der Waals surface area contributed by atoms with Gasteiger partial charge in [0.25, 0.3) is 5.91 Å². The Morgan fingerprint density at radius 2 is 1.76 bits per heavy atom. The molecule has 21 heavy (non-hydrogen) atoms. The number of hydrogen-bond acceptors (Lipinski definition) is 3. The maximum Gasteiger partial charge on any atom is 0.253 e. The highest BCUT2D eigenvalue weighted by Crippen LogP contribution is 2.29. The largest absolute Gasteiger partial charge is 0.490 e. The molecule has 1 aromatic rings. The second-order valence-electron chi connectivity index (χ2n) is 4.77. The zero-order valence-corrected chi connectivity index (χ0v) is 13.6. The van der Waals surface area contributed by atoms with Crippen LogP contribution in [0.1, 0.15) is 50.9 Å². The normalized spacial score (nSPS) is 10.3. The van der Waals surface area contributed by atoms with Crippen LogP contribution in [0.2, 0.25) is 0 Å². The third-order valence-corrected chi connectivity index (χ3v) is 3.30. The number of hydrogen-bond donors (Lipinski definition) is 0. The lowest BCUT2D eigenvalue weighted by molar-refractivity contribution is 0.0772. The molecule has 0 aliphatic heterocycles. The summed E-state index contributed by atoms with van der Waals surface area (Å²) in [6, 6.07) is 5.42. The average Bonchev–Trinajstić information content (AvgIpc) is 2.50. The molecule has 0 aliphatic carbocycles. The van der Waals surface area contributed by atoms with Gasteiger partial charge in [-0.1, -0.05) is 13.3 Å². The standard InChI is InChI=1S/C17H27NO3/c1-5-9-12-21-15-11-10-14(13-16(15)20-8-4)17(19)18(6-2)7-3/h10-11,13H,5-9,12H2,1-4H3. The van der Waals surface area contributed by atoms with E-state index < -0.39 is 0 Å². The lowest BCUT2D eigenvalue weighted by Gasteiger charge is -2.19. The van der Waals surface area contributed by atoms with E-state index in [1.165, 1.54) is 0 Å². The van der Waals surface area contributed by atoms with Crippen molar-refractivity contribution < 1.29 is 14.3 Å². The molecular formula is C17H27NO3. The maximum atomic E-state index is 12.4. The minimum Gasteiger partial charge on any atom is -0.490 e. The molecule has 4 nitrogen and oxygen atoms in total. The molecule has 1 amide bonds. The predicted molar refractivity (Wildman–Crippen MR) is 85.3 cm³/mol. The van der Waals surface area contributed by atoms with Crippen molar-refractivity contribution in [2.75, 3.05) is 26.3 Å². The van der Waals surface area contributed by atoms with E-state index >= 15 is 0 Å². The Kier molecular flexibility index (Phi) is 7.65. The van der Waals surface area contributed by atoms with Gasteiger partial charge in [-0.25, -0.2) is 0 Å². The molecule has 0 aliphatic rings. The molecule has 0 spiro atoms. The molecule has 0 aromatic heterocycles. The summed E-state index contributed by atoms with van der Waals surface area (Å²) in [6.07, 6.45) is 2.09. The third kappa shape index (κ3) is 4.96. The van der Waals surface area contributed by atoms with E-state index in [9.17, 15) is 4.79 Å². The fourth-order valence-corrected chi connectivity index (χ4v) is 2.05. The molecule has 0 radical (unpaired) electrons. The van der Waals surface area contributed by atoms with E-state index in [0.717, 1.165) is 12.8 Å². The van der Waals surface area contributed by atoms with E-state index in [-0.39, 0.29) is 5.91 Å². The van der Waals surface area contributed by atoms with Crippen molar-refractivity contribution >= 4 is 5.91 Å².